The maximum atomic E-state index is 12.2. The maximum Gasteiger partial charge on any atom is 0.307 e. The fourth-order valence-electron chi connectivity index (χ4n) is 2.51. The molecule has 2 rings (SSSR count). The van der Waals surface area contributed by atoms with Gasteiger partial charge in [-0.05, 0) is 22.8 Å². The van der Waals surface area contributed by atoms with Crippen molar-refractivity contribution < 1.29 is 14.7 Å². The summed E-state index contributed by atoms with van der Waals surface area (Å²) in [7, 11) is 0. The number of fused-ring (bicyclic) bond motifs is 1. The van der Waals surface area contributed by atoms with Crippen molar-refractivity contribution in [1.29, 1.82) is 0 Å². The lowest BCUT2D eigenvalue weighted by Gasteiger charge is -2.20. The second-order valence-corrected chi connectivity index (χ2v) is 6.75. The molecule has 1 atom stereocenters. The quantitative estimate of drug-likeness (QED) is 0.904. The summed E-state index contributed by atoms with van der Waals surface area (Å²) in [4.78, 5) is 23.7. The molecule has 3 nitrogen and oxygen atoms in total. The van der Waals surface area contributed by atoms with Crippen LogP contribution in [0.3, 0.4) is 0 Å². The molecule has 1 unspecified atom stereocenters. The number of carboxylic acids is 1. The van der Waals surface area contributed by atoms with Crippen molar-refractivity contribution in [3.63, 3.8) is 0 Å². The molecule has 0 radical (unpaired) electrons. The molecule has 3 heteroatoms. The number of ketones is 1. The minimum Gasteiger partial charge on any atom is -0.481 e. The van der Waals surface area contributed by atoms with E-state index in [4.69, 9.17) is 0 Å². The molecule has 22 heavy (non-hydrogen) atoms. The van der Waals surface area contributed by atoms with Gasteiger partial charge in [-0.25, -0.2) is 0 Å². The molecule has 0 aromatic heterocycles. The Morgan fingerprint density at radius 3 is 2.32 bits per heavy atom. The molecule has 0 aliphatic heterocycles. The molecule has 0 amide bonds. The van der Waals surface area contributed by atoms with Crippen LogP contribution in [-0.2, 0) is 16.0 Å². The third-order valence-electron chi connectivity index (χ3n) is 3.96. The summed E-state index contributed by atoms with van der Waals surface area (Å²) in [5.74, 6) is -1.61. The summed E-state index contributed by atoms with van der Waals surface area (Å²) in [5, 5.41) is 11.6. The van der Waals surface area contributed by atoms with E-state index in [0.717, 1.165) is 16.3 Å². The zero-order chi connectivity index (χ0) is 16.3. The predicted octanol–water partition coefficient (Wildman–Crippen LogP) is 4.09. The van der Waals surface area contributed by atoms with E-state index in [9.17, 15) is 14.7 Å². The average Bonchev–Trinajstić information content (AvgIpc) is 2.45. The van der Waals surface area contributed by atoms with Crippen molar-refractivity contribution in [2.75, 3.05) is 0 Å². The normalized spacial score (nSPS) is 13.0. The van der Waals surface area contributed by atoms with Crippen molar-refractivity contribution in [3.8, 4) is 0 Å². The van der Waals surface area contributed by atoms with E-state index in [1.807, 2.05) is 63.2 Å². The highest BCUT2D eigenvalue weighted by Crippen LogP contribution is 2.25. The monoisotopic (exact) mass is 298 g/mol. The van der Waals surface area contributed by atoms with Crippen LogP contribution in [0, 0.1) is 11.3 Å². The predicted molar refractivity (Wildman–Crippen MR) is 87.9 cm³/mol. The largest absolute Gasteiger partial charge is 0.481 e. The van der Waals surface area contributed by atoms with E-state index in [-0.39, 0.29) is 12.2 Å². The molecule has 0 aliphatic rings. The third kappa shape index (κ3) is 3.73. The van der Waals surface area contributed by atoms with Crippen LogP contribution in [0.4, 0.5) is 0 Å². The first kappa shape index (κ1) is 16.2. The van der Waals surface area contributed by atoms with Gasteiger partial charge in [0.2, 0.25) is 0 Å². The van der Waals surface area contributed by atoms with Gasteiger partial charge in [-0.1, -0.05) is 63.2 Å². The Kier molecular flexibility index (Phi) is 4.65. The number of carbonyl (C=O) groups excluding carboxylic acids is 1. The number of hydrogen-bond acceptors (Lipinski definition) is 2. The number of Topliss-reactive ketones (excluding diaryl/α,β-unsaturated/α-hetero) is 1. The standard InChI is InChI=1S/C19H22O3/c1-19(2,3)17(20)12-15(18(21)22)11-14-9-6-8-13-7-4-5-10-16(13)14/h4-10,15H,11-12H2,1-3H3,(H,21,22). The number of carbonyl (C=O) groups is 2. The lowest BCUT2D eigenvalue weighted by atomic mass is 9.83. The second kappa shape index (κ2) is 6.30. The van der Waals surface area contributed by atoms with E-state index in [1.165, 1.54) is 0 Å². The van der Waals surface area contributed by atoms with Crippen LogP contribution in [0.5, 0.6) is 0 Å². The van der Waals surface area contributed by atoms with Gasteiger partial charge in [0.05, 0.1) is 5.92 Å². The molecule has 0 heterocycles. The molecule has 0 bridgehead atoms. The highest BCUT2D eigenvalue weighted by molar-refractivity contribution is 5.89. The molecular weight excluding hydrogens is 276 g/mol. The van der Waals surface area contributed by atoms with Crippen LogP contribution in [0.1, 0.15) is 32.8 Å². The summed E-state index contributed by atoms with van der Waals surface area (Å²) in [5.41, 5.74) is 0.471. The Bertz CT molecular complexity index is 690. The third-order valence-corrected chi connectivity index (χ3v) is 3.96. The van der Waals surface area contributed by atoms with Crippen LogP contribution >= 0.6 is 0 Å². The summed E-state index contributed by atoms with van der Waals surface area (Å²) in [6, 6.07) is 13.8. The molecule has 0 saturated carbocycles. The number of carboxylic acid groups (broad SMARTS) is 1. The fraction of sp³-hybridized carbons (Fsp3) is 0.368. The molecule has 0 spiro atoms. The average molecular weight is 298 g/mol. The molecular formula is C19H22O3. The van der Waals surface area contributed by atoms with Gasteiger partial charge < -0.3 is 5.11 Å². The van der Waals surface area contributed by atoms with Crippen molar-refractivity contribution in [3.05, 3.63) is 48.0 Å². The molecule has 1 N–H and O–H groups in total. The van der Waals surface area contributed by atoms with Crippen LogP contribution < -0.4 is 0 Å². The second-order valence-electron chi connectivity index (χ2n) is 6.75. The highest BCUT2D eigenvalue weighted by atomic mass is 16.4. The molecule has 2 aromatic carbocycles. The van der Waals surface area contributed by atoms with Gasteiger partial charge >= 0.3 is 5.97 Å². The number of hydrogen-bond donors (Lipinski definition) is 1. The van der Waals surface area contributed by atoms with E-state index in [1.54, 1.807) is 0 Å². The first-order chi connectivity index (χ1) is 10.3. The topological polar surface area (TPSA) is 54.4 Å². The van der Waals surface area contributed by atoms with Crippen molar-refractivity contribution >= 4 is 22.5 Å². The summed E-state index contributed by atoms with van der Waals surface area (Å²) < 4.78 is 0. The Morgan fingerprint density at radius 2 is 1.68 bits per heavy atom. The van der Waals surface area contributed by atoms with Crippen LogP contribution in [-0.4, -0.2) is 16.9 Å². The van der Waals surface area contributed by atoms with Crippen molar-refractivity contribution in [2.45, 2.75) is 33.6 Å². The Hall–Kier alpha value is -2.16. The SMILES string of the molecule is CC(C)(C)C(=O)CC(Cc1cccc2ccccc12)C(=O)O. The Balaban J connectivity index is 2.27. The highest BCUT2D eigenvalue weighted by Gasteiger charge is 2.28. The van der Waals surface area contributed by atoms with Crippen molar-refractivity contribution in [1.82, 2.24) is 0 Å². The summed E-state index contributed by atoms with van der Waals surface area (Å²) in [6.07, 6.45) is 0.445. The van der Waals surface area contributed by atoms with Gasteiger partial charge in [0.15, 0.2) is 0 Å². The van der Waals surface area contributed by atoms with Gasteiger partial charge in [-0.3, -0.25) is 9.59 Å². The Labute approximate surface area is 131 Å². The molecule has 0 fully saturated rings. The van der Waals surface area contributed by atoms with Gasteiger partial charge in [0, 0.05) is 11.8 Å². The van der Waals surface area contributed by atoms with Crippen molar-refractivity contribution in [2.24, 2.45) is 11.3 Å². The van der Waals surface area contributed by atoms with Gasteiger partial charge in [0.1, 0.15) is 5.78 Å². The maximum absolute atomic E-state index is 12.2. The molecule has 2 aromatic rings. The zero-order valence-electron chi connectivity index (χ0n) is 13.3. The van der Waals surface area contributed by atoms with E-state index >= 15 is 0 Å². The van der Waals surface area contributed by atoms with Gasteiger partial charge in [-0.15, -0.1) is 0 Å². The van der Waals surface area contributed by atoms with Crippen LogP contribution in [0.2, 0.25) is 0 Å². The van der Waals surface area contributed by atoms with Crippen LogP contribution in [0.25, 0.3) is 10.8 Å². The molecule has 0 aliphatic carbocycles. The minimum absolute atomic E-state index is 0.0138. The van der Waals surface area contributed by atoms with Crippen LogP contribution in [0.15, 0.2) is 42.5 Å². The van der Waals surface area contributed by atoms with Gasteiger partial charge in [-0.2, -0.15) is 0 Å². The number of benzene rings is 2. The molecule has 0 saturated heterocycles. The Morgan fingerprint density at radius 1 is 1.05 bits per heavy atom. The first-order valence-corrected chi connectivity index (χ1v) is 7.52. The van der Waals surface area contributed by atoms with Gasteiger partial charge in [0.25, 0.3) is 0 Å². The lowest BCUT2D eigenvalue weighted by molar-refractivity contribution is -0.144. The first-order valence-electron chi connectivity index (χ1n) is 7.52. The van der Waals surface area contributed by atoms with E-state index < -0.39 is 17.3 Å². The summed E-state index contributed by atoms with van der Waals surface area (Å²) in [6.45, 7) is 5.48. The minimum atomic E-state index is -0.912. The smallest absolute Gasteiger partial charge is 0.307 e. The lowest BCUT2D eigenvalue weighted by Crippen LogP contribution is -2.27. The number of rotatable bonds is 5. The molecule has 116 valence electrons. The van der Waals surface area contributed by atoms with E-state index in [2.05, 4.69) is 0 Å². The van der Waals surface area contributed by atoms with E-state index in [0.29, 0.717) is 6.42 Å². The number of aliphatic carboxylic acids is 1. The zero-order valence-corrected chi connectivity index (χ0v) is 13.3. The summed E-state index contributed by atoms with van der Waals surface area (Å²) >= 11 is 0. The fourth-order valence-corrected chi connectivity index (χ4v) is 2.51.